The molecule has 3 aromatic rings. The molecule has 0 bridgehead atoms. The molecular formula is C22H28N4O3S. The number of Topliss-reactive ketones (excluding diaryl/α,β-unsaturated/α-hetero) is 1. The van der Waals surface area contributed by atoms with E-state index in [0.717, 1.165) is 34.7 Å². The predicted molar refractivity (Wildman–Crippen MR) is 118 cm³/mol. The van der Waals surface area contributed by atoms with Gasteiger partial charge in [-0.05, 0) is 39.3 Å². The quantitative estimate of drug-likeness (QED) is 0.528. The van der Waals surface area contributed by atoms with Gasteiger partial charge in [-0.1, -0.05) is 12.1 Å². The summed E-state index contributed by atoms with van der Waals surface area (Å²) in [7, 11) is 0. The van der Waals surface area contributed by atoms with Crippen LogP contribution in [-0.2, 0) is 17.6 Å². The lowest BCUT2D eigenvalue weighted by atomic mass is 10.2. The highest BCUT2D eigenvalue weighted by molar-refractivity contribution is 7.09. The highest BCUT2D eigenvalue weighted by Gasteiger charge is 2.22. The van der Waals surface area contributed by atoms with E-state index in [0.29, 0.717) is 25.2 Å². The Hall–Kier alpha value is -2.74. The number of thiazole rings is 1. The van der Waals surface area contributed by atoms with E-state index in [-0.39, 0.29) is 11.9 Å². The van der Waals surface area contributed by atoms with Crippen LogP contribution in [0.5, 0.6) is 0 Å². The summed E-state index contributed by atoms with van der Waals surface area (Å²) in [6.45, 7) is 8.12. The van der Waals surface area contributed by atoms with Crippen LogP contribution in [0, 0.1) is 0 Å². The van der Waals surface area contributed by atoms with Crippen LogP contribution in [-0.4, -0.2) is 50.4 Å². The number of aromatic nitrogens is 3. The van der Waals surface area contributed by atoms with E-state index in [1.165, 1.54) is 18.3 Å². The molecule has 0 fully saturated rings. The average molecular weight is 429 g/mol. The third-order valence-electron chi connectivity index (χ3n) is 4.44. The number of hydrogen-bond donors (Lipinski definition) is 1. The van der Waals surface area contributed by atoms with Crippen LogP contribution in [0.15, 0.2) is 29.6 Å². The molecule has 0 saturated carbocycles. The second-order valence-electron chi connectivity index (χ2n) is 8.20. The molecule has 0 aliphatic heterocycles. The van der Waals surface area contributed by atoms with E-state index in [1.807, 2.05) is 45.0 Å². The van der Waals surface area contributed by atoms with Gasteiger partial charge >= 0.3 is 6.09 Å². The Bertz CT molecular complexity index is 986. The molecule has 2 heterocycles. The minimum atomic E-state index is -0.558. The van der Waals surface area contributed by atoms with Gasteiger partial charge in [0.1, 0.15) is 17.1 Å². The van der Waals surface area contributed by atoms with E-state index in [1.54, 1.807) is 10.3 Å². The Balaban J connectivity index is 1.60. The number of rotatable bonds is 8. The number of carbonyl (C=O) groups excluding carboxylic acids is 2. The Morgan fingerprint density at radius 2 is 1.90 bits per heavy atom. The van der Waals surface area contributed by atoms with Crippen LogP contribution >= 0.6 is 11.3 Å². The van der Waals surface area contributed by atoms with Crippen molar-refractivity contribution in [2.75, 3.05) is 13.1 Å². The number of amides is 1. The number of fused-ring (bicyclic) bond motifs is 1. The van der Waals surface area contributed by atoms with Gasteiger partial charge in [-0.3, -0.25) is 4.79 Å². The second-order valence-corrected chi connectivity index (χ2v) is 9.15. The SMILES string of the molecule is CC(=O)c1csc(CCN(CCCc2nc3ccccc3[nH]2)C(=O)OC(C)(C)C)n1. The first-order chi connectivity index (χ1) is 14.2. The smallest absolute Gasteiger partial charge is 0.410 e. The van der Waals surface area contributed by atoms with Crippen molar-refractivity contribution in [3.05, 3.63) is 46.2 Å². The maximum atomic E-state index is 12.7. The number of nitrogens with zero attached hydrogens (tertiary/aromatic N) is 3. The first kappa shape index (κ1) is 22.0. The zero-order valence-corrected chi connectivity index (χ0v) is 18.7. The summed E-state index contributed by atoms with van der Waals surface area (Å²) >= 11 is 1.44. The fraction of sp³-hybridized carbons (Fsp3) is 0.455. The summed E-state index contributed by atoms with van der Waals surface area (Å²) in [5.41, 5.74) is 1.88. The minimum absolute atomic E-state index is 0.0488. The topological polar surface area (TPSA) is 88.2 Å². The highest BCUT2D eigenvalue weighted by Crippen LogP contribution is 2.15. The van der Waals surface area contributed by atoms with E-state index >= 15 is 0 Å². The van der Waals surface area contributed by atoms with Crippen molar-refractivity contribution in [3.8, 4) is 0 Å². The Labute approximate surface area is 180 Å². The van der Waals surface area contributed by atoms with Gasteiger partial charge in [0.2, 0.25) is 0 Å². The number of benzene rings is 1. The monoisotopic (exact) mass is 428 g/mol. The highest BCUT2D eigenvalue weighted by atomic mass is 32.1. The molecule has 30 heavy (non-hydrogen) atoms. The average Bonchev–Trinajstić information content (AvgIpc) is 3.29. The lowest BCUT2D eigenvalue weighted by molar-refractivity contribution is 0.0249. The number of ketones is 1. The minimum Gasteiger partial charge on any atom is -0.444 e. The number of H-pyrrole nitrogens is 1. The van der Waals surface area contributed by atoms with Crippen molar-refractivity contribution in [1.82, 2.24) is 19.9 Å². The summed E-state index contributed by atoms with van der Waals surface area (Å²) in [5, 5.41) is 2.60. The Morgan fingerprint density at radius 1 is 1.13 bits per heavy atom. The lowest BCUT2D eigenvalue weighted by Gasteiger charge is -2.27. The van der Waals surface area contributed by atoms with Gasteiger partial charge in [0.05, 0.1) is 16.0 Å². The number of ether oxygens (including phenoxy) is 1. The predicted octanol–water partition coefficient (Wildman–Crippen LogP) is 4.63. The number of para-hydroxylation sites is 2. The normalized spacial score (nSPS) is 11.6. The van der Waals surface area contributed by atoms with Crippen molar-refractivity contribution in [3.63, 3.8) is 0 Å². The molecule has 0 atom stereocenters. The molecule has 1 amide bonds. The molecule has 7 nitrogen and oxygen atoms in total. The first-order valence-corrected chi connectivity index (χ1v) is 11.0. The Morgan fingerprint density at radius 3 is 2.57 bits per heavy atom. The van der Waals surface area contributed by atoms with Gasteiger partial charge in [0.15, 0.2) is 5.78 Å². The molecule has 0 saturated heterocycles. The summed E-state index contributed by atoms with van der Waals surface area (Å²) in [4.78, 5) is 38.1. The fourth-order valence-corrected chi connectivity index (χ4v) is 3.83. The first-order valence-electron chi connectivity index (χ1n) is 10.1. The van der Waals surface area contributed by atoms with Crippen LogP contribution < -0.4 is 0 Å². The molecule has 0 spiro atoms. The number of hydrogen-bond acceptors (Lipinski definition) is 6. The van der Waals surface area contributed by atoms with Crippen LogP contribution in [0.25, 0.3) is 11.0 Å². The van der Waals surface area contributed by atoms with Gasteiger partial charge in [0, 0.05) is 38.2 Å². The van der Waals surface area contributed by atoms with Crippen LogP contribution in [0.2, 0.25) is 0 Å². The molecule has 0 unspecified atom stereocenters. The van der Waals surface area contributed by atoms with Crippen molar-refractivity contribution in [2.45, 2.75) is 52.6 Å². The number of carbonyl (C=O) groups is 2. The molecule has 160 valence electrons. The van der Waals surface area contributed by atoms with Crippen molar-refractivity contribution < 1.29 is 14.3 Å². The number of imidazole rings is 1. The summed E-state index contributed by atoms with van der Waals surface area (Å²) in [6, 6.07) is 7.92. The molecule has 8 heteroatoms. The van der Waals surface area contributed by atoms with E-state index in [2.05, 4.69) is 15.0 Å². The lowest BCUT2D eigenvalue weighted by Crippen LogP contribution is -2.38. The molecule has 0 radical (unpaired) electrons. The maximum Gasteiger partial charge on any atom is 0.410 e. The number of nitrogens with one attached hydrogen (secondary N) is 1. The standard InChI is InChI=1S/C22H28N4O3S/c1-15(27)18-14-30-20(25-18)11-13-26(21(28)29-22(2,3)4)12-7-10-19-23-16-8-5-6-9-17(16)24-19/h5-6,8-9,14H,7,10-13H2,1-4H3,(H,23,24). The molecule has 0 aliphatic rings. The van der Waals surface area contributed by atoms with E-state index in [9.17, 15) is 9.59 Å². The van der Waals surface area contributed by atoms with Gasteiger partial charge in [-0.2, -0.15) is 0 Å². The van der Waals surface area contributed by atoms with Gasteiger partial charge in [-0.25, -0.2) is 14.8 Å². The maximum absolute atomic E-state index is 12.7. The molecule has 1 N–H and O–H groups in total. The largest absolute Gasteiger partial charge is 0.444 e. The molecule has 0 aliphatic carbocycles. The van der Waals surface area contributed by atoms with Gasteiger partial charge in [0.25, 0.3) is 0 Å². The van der Waals surface area contributed by atoms with E-state index < -0.39 is 5.60 Å². The number of aromatic amines is 1. The molecule has 1 aromatic carbocycles. The Kier molecular flexibility index (Phi) is 6.87. The van der Waals surface area contributed by atoms with Gasteiger partial charge < -0.3 is 14.6 Å². The molecule has 3 rings (SSSR count). The fourth-order valence-electron chi connectivity index (χ4n) is 3.00. The molecule has 2 aromatic heterocycles. The van der Waals surface area contributed by atoms with Crippen molar-refractivity contribution >= 4 is 34.2 Å². The summed E-state index contributed by atoms with van der Waals surface area (Å²) in [6.07, 6.45) is 1.74. The third kappa shape index (κ3) is 6.13. The van der Waals surface area contributed by atoms with Crippen molar-refractivity contribution in [2.24, 2.45) is 0 Å². The van der Waals surface area contributed by atoms with Crippen LogP contribution in [0.1, 0.15) is 55.4 Å². The summed E-state index contributed by atoms with van der Waals surface area (Å²) < 4.78 is 5.57. The van der Waals surface area contributed by atoms with Crippen LogP contribution in [0.4, 0.5) is 4.79 Å². The molecular weight excluding hydrogens is 400 g/mol. The zero-order valence-electron chi connectivity index (χ0n) is 17.9. The zero-order chi connectivity index (χ0) is 21.7. The third-order valence-corrected chi connectivity index (χ3v) is 5.35. The summed E-state index contributed by atoms with van der Waals surface area (Å²) in [5.74, 6) is 0.860. The van der Waals surface area contributed by atoms with E-state index in [4.69, 9.17) is 4.74 Å². The van der Waals surface area contributed by atoms with Crippen LogP contribution in [0.3, 0.4) is 0 Å². The van der Waals surface area contributed by atoms with Gasteiger partial charge in [-0.15, -0.1) is 11.3 Å². The number of aryl methyl sites for hydroxylation is 1. The van der Waals surface area contributed by atoms with Crippen molar-refractivity contribution in [1.29, 1.82) is 0 Å². The second kappa shape index (κ2) is 9.38.